The van der Waals surface area contributed by atoms with Gasteiger partial charge in [0.15, 0.2) is 11.5 Å². The van der Waals surface area contributed by atoms with Crippen LogP contribution in [-0.2, 0) is 13.0 Å². The predicted octanol–water partition coefficient (Wildman–Crippen LogP) is 2.46. The number of hydrogen-bond acceptors (Lipinski definition) is 6. The molecule has 2 aliphatic heterocycles. The third-order valence-corrected chi connectivity index (χ3v) is 6.24. The quantitative estimate of drug-likeness (QED) is 0.729. The van der Waals surface area contributed by atoms with Gasteiger partial charge >= 0.3 is 0 Å². The van der Waals surface area contributed by atoms with Gasteiger partial charge in [0.25, 0.3) is 5.91 Å². The number of carbonyl (C=O) groups excluding carboxylic acids is 1. The molecule has 2 aliphatic rings. The lowest BCUT2D eigenvalue weighted by atomic mass is 9.90. The van der Waals surface area contributed by atoms with Gasteiger partial charge < -0.3 is 9.42 Å². The number of hydrogen-bond donors (Lipinski definition) is 2. The molecule has 0 radical (unpaired) electrons. The highest BCUT2D eigenvalue weighted by Crippen LogP contribution is 2.23. The van der Waals surface area contributed by atoms with E-state index in [0.29, 0.717) is 24.8 Å². The molecule has 2 atom stereocenters. The summed E-state index contributed by atoms with van der Waals surface area (Å²) in [5.74, 6) is 1.42. The van der Waals surface area contributed by atoms with Crippen LogP contribution in [0.25, 0.3) is 0 Å². The number of amides is 1. The Kier molecular flexibility index (Phi) is 6.82. The van der Waals surface area contributed by atoms with Gasteiger partial charge in [0.05, 0.1) is 6.54 Å². The number of piperidine rings is 1. The van der Waals surface area contributed by atoms with E-state index in [1.165, 1.54) is 18.4 Å². The summed E-state index contributed by atoms with van der Waals surface area (Å²) in [5, 5.41) is 4.03. The maximum Gasteiger partial charge on any atom is 0.275 e. The standard InChI is InChI=1S/C23H33N5O2/c1-17-12-20(25-24-17)15-27(2)23(29)22-14-21(30-26-22)16-28-10-8-19(9-11-28)13-18-6-4-3-5-7-18/h3-7,14,17,19-20,24-25H,8-13,15-16H2,1-2H3. The van der Waals surface area contributed by atoms with Crippen LogP contribution in [0.1, 0.15) is 48.0 Å². The van der Waals surface area contributed by atoms with E-state index in [-0.39, 0.29) is 11.9 Å². The summed E-state index contributed by atoms with van der Waals surface area (Å²) in [6, 6.07) is 13.2. The molecule has 0 aliphatic carbocycles. The number of likely N-dealkylation sites (tertiary alicyclic amines) is 1. The van der Waals surface area contributed by atoms with E-state index in [2.05, 4.69) is 58.2 Å². The zero-order valence-corrected chi connectivity index (χ0v) is 18.0. The molecule has 7 heteroatoms. The SMILES string of the molecule is CC1CC(CN(C)C(=O)c2cc(CN3CCC(Cc4ccccc4)CC3)on2)NN1. The van der Waals surface area contributed by atoms with Crippen molar-refractivity contribution in [2.45, 2.75) is 51.2 Å². The first kappa shape index (κ1) is 21.0. The molecule has 162 valence electrons. The van der Waals surface area contributed by atoms with E-state index in [9.17, 15) is 4.79 Å². The lowest BCUT2D eigenvalue weighted by Gasteiger charge is -2.31. The highest BCUT2D eigenvalue weighted by atomic mass is 16.5. The Morgan fingerprint density at radius 1 is 1.23 bits per heavy atom. The monoisotopic (exact) mass is 411 g/mol. The Morgan fingerprint density at radius 3 is 2.70 bits per heavy atom. The zero-order chi connectivity index (χ0) is 20.9. The maximum atomic E-state index is 12.7. The highest BCUT2D eigenvalue weighted by Gasteiger charge is 2.26. The summed E-state index contributed by atoms with van der Waals surface area (Å²) in [6.07, 6.45) is 4.55. The van der Waals surface area contributed by atoms with E-state index in [0.717, 1.165) is 37.6 Å². The second-order valence-electron chi connectivity index (χ2n) is 8.90. The minimum atomic E-state index is -0.0899. The van der Waals surface area contributed by atoms with Crippen molar-refractivity contribution in [2.75, 3.05) is 26.7 Å². The molecule has 3 heterocycles. The van der Waals surface area contributed by atoms with E-state index in [1.54, 1.807) is 11.0 Å². The van der Waals surface area contributed by atoms with Crippen molar-refractivity contribution < 1.29 is 9.32 Å². The van der Waals surface area contributed by atoms with Crippen molar-refractivity contribution >= 4 is 5.91 Å². The average molecular weight is 412 g/mol. The molecule has 2 fully saturated rings. The molecule has 1 amide bonds. The number of nitrogens with one attached hydrogen (secondary N) is 2. The molecule has 2 saturated heterocycles. The molecule has 0 spiro atoms. The summed E-state index contributed by atoms with van der Waals surface area (Å²) in [6.45, 7) is 5.60. The van der Waals surface area contributed by atoms with Crippen LogP contribution in [0.15, 0.2) is 40.9 Å². The Balaban J connectivity index is 1.23. The molecule has 4 rings (SSSR count). The summed E-state index contributed by atoms with van der Waals surface area (Å²) < 4.78 is 5.48. The van der Waals surface area contributed by atoms with Crippen LogP contribution < -0.4 is 10.9 Å². The maximum absolute atomic E-state index is 12.7. The van der Waals surface area contributed by atoms with Gasteiger partial charge in [-0.15, -0.1) is 0 Å². The first-order valence-corrected chi connectivity index (χ1v) is 11.0. The van der Waals surface area contributed by atoms with E-state index >= 15 is 0 Å². The van der Waals surface area contributed by atoms with Gasteiger partial charge in [0, 0.05) is 31.7 Å². The summed E-state index contributed by atoms with van der Waals surface area (Å²) >= 11 is 0. The van der Waals surface area contributed by atoms with Crippen molar-refractivity contribution in [3.05, 3.63) is 53.4 Å². The number of aromatic nitrogens is 1. The van der Waals surface area contributed by atoms with Gasteiger partial charge in [-0.1, -0.05) is 35.5 Å². The fourth-order valence-corrected chi connectivity index (χ4v) is 4.54. The summed E-state index contributed by atoms with van der Waals surface area (Å²) in [5.41, 5.74) is 8.24. The Hall–Kier alpha value is -2.22. The number of hydrazine groups is 1. The predicted molar refractivity (Wildman–Crippen MR) is 116 cm³/mol. The highest BCUT2D eigenvalue weighted by molar-refractivity contribution is 5.92. The van der Waals surface area contributed by atoms with Crippen molar-refractivity contribution in [1.29, 1.82) is 0 Å². The van der Waals surface area contributed by atoms with Crippen LogP contribution in [-0.4, -0.2) is 59.6 Å². The van der Waals surface area contributed by atoms with Crippen LogP contribution in [0, 0.1) is 5.92 Å². The molecule has 0 bridgehead atoms. The first-order valence-electron chi connectivity index (χ1n) is 11.0. The van der Waals surface area contributed by atoms with Gasteiger partial charge in [-0.3, -0.25) is 20.5 Å². The lowest BCUT2D eigenvalue weighted by Crippen LogP contribution is -2.41. The fraction of sp³-hybridized carbons (Fsp3) is 0.565. The van der Waals surface area contributed by atoms with Crippen molar-refractivity contribution in [2.24, 2.45) is 5.92 Å². The third-order valence-electron chi connectivity index (χ3n) is 6.24. The van der Waals surface area contributed by atoms with Crippen LogP contribution >= 0.6 is 0 Å². The molecule has 7 nitrogen and oxygen atoms in total. The molecule has 1 aromatic heterocycles. The lowest BCUT2D eigenvalue weighted by molar-refractivity contribution is 0.0772. The topological polar surface area (TPSA) is 73.6 Å². The van der Waals surface area contributed by atoms with Crippen LogP contribution in [0.5, 0.6) is 0 Å². The largest absolute Gasteiger partial charge is 0.359 e. The first-order chi connectivity index (χ1) is 14.6. The second kappa shape index (κ2) is 9.73. The smallest absolute Gasteiger partial charge is 0.275 e. The zero-order valence-electron chi connectivity index (χ0n) is 18.0. The van der Waals surface area contributed by atoms with E-state index in [4.69, 9.17) is 4.52 Å². The molecule has 30 heavy (non-hydrogen) atoms. The van der Waals surface area contributed by atoms with Gasteiger partial charge in [-0.05, 0) is 57.2 Å². The number of carbonyl (C=O) groups is 1. The van der Waals surface area contributed by atoms with Crippen molar-refractivity contribution in [3.8, 4) is 0 Å². The van der Waals surface area contributed by atoms with E-state index in [1.807, 2.05) is 7.05 Å². The normalized spacial score (nSPS) is 23.0. The molecular weight excluding hydrogens is 378 g/mol. The number of benzene rings is 1. The number of nitrogens with zero attached hydrogens (tertiary/aromatic N) is 3. The third kappa shape index (κ3) is 5.47. The van der Waals surface area contributed by atoms with E-state index < -0.39 is 0 Å². The Labute approximate surface area is 178 Å². The molecular formula is C23H33N5O2. The Morgan fingerprint density at radius 2 is 2.00 bits per heavy atom. The number of likely N-dealkylation sites (N-methyl/N-ethyl adjacent to an activating group) is 1. The van der Waals surface area contributed by atoms with Crippen molar-refractivity contribution in [1.82, 2.24) is 25.8 Å². The second-order valence-corrected chi connectivity index (χ2v) is 8.90. The molecule has 1 aromatic carbocycles. The molecule has 0 saturated carbocycles. The summed E-state index contributed by atoms with van der Waals surface area (Å²) in [7, 11) is 1.82. The number of rotatable bonds is 7. The Bertz CT molecular complexity index is 816. The van der Waals surface area contributed by atoms with Crippen LogP contribution in [0.3, 0.4) is 0 Å². The van der Waals surface area contributed by atoms with Gasteiger partial charge in [0.2, 0.25) is 0 Å². The molecule has 2 aromatic rings. The van der Waals surface area contributed by atoms with Crippen LogP contribution in [0.4, 0.5) is 0 Å². The van der Waals surface area contributed by atoms with Gasteiger partial charge in [-0.2, -0.15) is 0 Å². The van der Waals surface area contributed by atoms with Crippen LogP contribution in [0.2, 0.25) is 0 Å². The fourth-order valence-electron chi connectivity index (χ4n) is 4.54. The summed E-state index contributed by atoms with van der Waals surface area (Å²) in [4.78, 5) is 16.8. The molecule has 2 N–H and O–H groups in total. The minimum Gasteiger partial charge on any atom is -0.359 e. The van der Waals surface area contributed by atoms with Gasteiger partial charge in [-0.25, -0.2) is 0 Å². The van der Waals surface area contributed by atoms with Gasteiger partial charge in [0.1, 0.15) is 0 Å². The van der Waals surface area contributed by atoms with Crippen molar-refractivity contribution in [3.63, 3.8) is 0 Å². The molecule has 2 unspecified atom stereocenters. The minimum absolute atomic E-state index is 0.0899. The average Bonchev–Trinajstić information content (AvgIpc) is 3.38.